The van der Waals surface area contributed by atoms with Gasteiger partial charge in [0.1, 0.15) is 5.82 Å². The summed E-state index contributed by atoms with van der Waals surface area (Å²) in [6.07, 6.45) is 4.88. The molecule has 0 unspecified atom stereocenters. The second kappa shape index (κ2) is 7.43. The van der Waals surface area contributed by atoms with Crippen LogP contribution < -0.4 is 10.6 Å². The Labute approximate surface area is 142 Å². The Kier molecular flexibility index (Phi) is 5.08. The summed E-state index contributed by atoms with van der Waals surface area (Å²) in [6.45, 7) is 4.21. The fourth-order valence-electron chi connectivity index (χ4n) is 3.11. The van der Waals surface area contributed by atoms with Gasteiger partial charge >= 0.3 is 0 Å². The monoisotopic (exact) mass is 324 g/mol. The van der Waals surface area contributed by atoms with Gasteiger partial charge in [0.15, 0.2) is 5.69 Å². The lowest BCUT2D eigenvalue weighted by Gasteiger charge is -2.14. The van der Waals surface area contributed by atoms with Gasteiger partial charge in [0.2, 0.25) is 0 Å². The van der Waals surface area contributed by atoms with Gasteiger partial charge in [0, 0.05) is 11.7 Å². The van der Waals surface area contributed by atoms with Crippen molar-refractivity contribution in [2.75, 3.05) is 10.6 Å². The normalized spacial score (nSPS) is 14.8. The average Bonchev–Trinajstić information content (AvgIpc) is 3.09. The van der Waals surface area contributed by atoms with E-state index in [-0.39, 0.29) is 5.91 Å². The highest BCUT2D eigenvalue weighted by Gasteiger charge is 2.16. The van der Waals surface area contributed by atoms with E-state index in [1.165, 1.54) is 25.7 Å². The van der Waals surface area contributed by atoms with Gasteiger partial charge in [-0.2, -0.15) is 0 Å². The summed E-state index contributed by atoms with van der Waals surface area (Å²) in [4.78, 5) is 12.4. The predicted molar refractivity (Wildman–Crippen MR) is 96.4 cm³/mol. The number of carbonyl (C=O) groups is 1. The van der Waals surface area contributed by atoms with Crippen molar-refractivity contribution in [3.05, 3.63) is 47.7 Å². The summed E-state index contributed by atoms with van der Waals surface area (Å²) in [5, 5.41) is 14.5. The maximum atomic E-state index is 12.4. The Morgan fingerprint density at radius 1 is 1.08 bits per heavy atom. The van der Waals surface area contributed by atoms with Crippen LogP contribution in [0.5, 0.6) is 0 Å². The molecule has 0 spiro atoms. The molecule has 0 saturated heterocycles. The van der Waals surface area contributed by atoms with Gasteiger partial charge in [0.05, 0.1) is 0 Å². The molecular formula is C19H24N4O. The Morgan fingerprint density at radius 3 is 2.50 bits per heavy atom. The number of aromatic nitrogens is 2. The van der Waals surface area contributed by atoms with E-state index in [0.29, 0.717) is 17.7 Å². The second-order valence-corrected chi connectivity index (χ2v) is 6.63. The summed E-state index contributed by atoms with van der Waals surface area (Å²) in [6, 6.07) is 11.9. The zero-order valence-electron chi connectivity index (χ0n) is 14.2. The quantitative estimate of drug-likeness (QED) is 0.864. The number of anilines is 2. The van der Waals surface area contributed by atoms with Crippen molar-refractivity contribution < 1.29 is 4.79 Å². The highest BCUT2D eigenvalue weighted by Crippen LogP contribution is 2.24. The van der Waals surface area contributed by atoms with E-state index in [1.807, 2.05) is 30.3 Å². The molecule has 1 amide bonds. The number of para-hydroxylation sites is 1. The molecule has 126 valence electrons. The molecule has 2 aromatic rings. The molecule has 0 atom stereocenters. The molecule has 1 saturated carbocycles. The maximum Gasteiger partial charge on any atom is 0.276 e. The second-order valence-electron chi connectivity index (χ2n) is 6.63. The first kappa shape index (κ1) is 16.4. The maximum absolute atomic E-state index is 12.4. The molecule has 1 aliphatic carbocycles. The SMILES string of the molecule is CC(C)c1ccccc1NC(=O)c1ccc(NC2CCCC2)nn1. The minimum atomic E-state index is -0.233. The smallest absolute Gasteiger partial charge is 0.276 e. The summed E-state index contributed by atoms with van der Waals surface area (Å²) in [7, 11) is 0. The first-order chi connectivity index (χ1) is 11.6. The van der Waals surface area contributed by atoms with E-state index in [0.717, 1.165) is 17.1 Å². The van der Waals surface area contributed by atoms with E-state index < -0.39 is 0 Å². The number of rotatable bonds is 5. The first-order valence-corrected chi connectivity index (χ1v) is 8.64. The van der Waals surface area contributed by atoms with Crippen LogP contribution in [-0.2, 0) is 0 Å². The van der Waals surface area contributed by atoms with Crippen molar-refractivity contribution in [1.82, 2.24) is 10.2 Å². The molecule has 1 aromatic heterocycles. The molecular weight excluding hydrogens is 300 g/mol. The zero-order valence-corrected chi connectivity index (χ0v) is 14.2. The molecule has 0 radical (unpaired) electrons. The van der Waals surface area contributed by atoms with Crippen LogP contribution in [0.4, 0.5) is 11.5 Å². The third-order valence-corrected chi connectivity index (χ3v) is 4.44. The molecule has 1 fully saturated rings. The number of hydrogen-bond acceptors (Lipinski definition) is 4. The molecule has 0 bridgehead atoms. The van der Waals surface area contributed by atoms with E-state index in [4.69, 9.17) is 0 Å². The van der Waals surface area contributed by atoms with Gasteiger partial charge in [-0.05, 0) is 42.5 Å². The highest BCUT2D eigenvalue weighted by atomic mass is 16.1. The molecule has 1 heterocycles. The highest BCUT2D eigenvalue weighted by molar-refractivity contribution is 6.03. The van der Waals surface area contributed by atoms with Crippen LogP contribution in [0, 0.1) is 0 Å². The molecule has 0 aliphatic heterocycles. The molecule has 3 rings (SSSR count). The van der Waals surface area contributed by atoms with E-state index in [9.17, 15) is 4.79 Å². The van der Waals surface area contributed by atoms with Crippen LogP contribution in [0.15, 0.2) is 36.4 Å². The van der Waals surface area contributed by atoms with Gasteiger partial charge in [0.25, 0.3) is 5.91 Å². The Balaban J connectivity index is 1.67. The van der Waals surface area contributed by atoms with Gasteiger partial charge in [-0.15, -0.1) is 10.2 Å². The summed E-state index contributed by atoms with van der Waals surface area (Å²) >= 11 is 0. The number of nitrogens with one attached hydrogen (secondary N) is 2. The van der Waals surface area contributed by atoms with Crippen LogP contribution in [-0.4, -0.2) is 22.1 Å². The number of hydrogen-bond donors (Lipinski definition) is 2. The number of carbonyl (C=O) groups excluding carboxylic acids is 1. The van der Waals surface area contributed by atoms with Crippen molar-refractivity contribution in [2.45, 2.75) is 51.5 Å². The van der Waals surface area contributed by atoms with Crippen molar-refractivity contribution in [3.63, 3.8) is 0 Å². The topological polar surface area (TPSA) is 66.9 Å². The lowest BCUT2D eigenvalue weighted by Crippen LogP contribution is -2.18. The molecule has 1 aromatic carbocycles. The number of benzene rings is 1. The number of nitrogens with zero attached hydrogens (tertiary/aromatic N) is 2. The van der Waals surface area contributed by atoms with Gasteiger partial charge in [-0.25, -0.2) is 0 Å². The van der Waals surface area contributed by atoms with Gasteiger partial charge < -0.3 is 10.6 Å². The van der Waals surface area contributed by atoms with Crippen LogP contribution in [0.2, 0.25) is 0 Å². The van der Waals surface area contributed by atoms with E-state index in [1.54, 1.807) is 6.07 Å². The van der Waals surface area contributed by atoms with E-state index in [2.05, 4.69) is 34.7 Å². The van der Waals surface area contributed by atoms with Gasteiger partial charge in [-0.1, -0.05) is 44.9 Å². The fraction of sp³-hybridized carbons (Fsp3) is 0.421. The average molecular weight is 324 g/mol. The van der Waals surface area contributed by atoms with E-state index >= 15 is 0 Å². The largest absolute Gasteiger partial charge is 0.366 e. The molecule has 2 N–H and O–H groups in total. The minimum absolute atomic E-state index is 0.233. The van der Waals surface area contributed by atoms with Crippen LogP contribution in [0.1, 0.15) is 61.5 Å². The Morgan fingerprint density at radius 2 is 1.83 bits per heavy atom. The lowest BCUT2D eigenvalue weighted by atomic mass is 10.0. The standard InChI is InChI=1S/C19H24N4O/c1-13(2)15-9-5-6-10-16(15)21-19(24)17-11-12-18(23-22-17)20-14-7-3-4-8-14/h5-6,9-14H,3-4,7-8H2,1-2H3,(H,20,23)(H,21,24). The van der Waals surface area contributed by atoms with Crippen molar-refractivity contribution in [1.29, 1.82) is 0 Å². The van der Waals surface area contributed by atoms with Crippen LogP contribution in [0.25, 0.3) is 0 Å². The van der Waals surface area contributed by atoms with Crippen molar-refractivity contribution in [3.8, 4) is 0 Å². The first-order valence-electron chi connectivity index (χ1n) is 8.64. The third kappa shape index (κ3) is 3.91. The Hall–Kier alpha value is -2.43. The van der Waals surface area contributed by atoms with Crippen LogP contribution >= 0.6 is 0 Å². The van der Waals surface area contributed by atoms with Gasteiger partial charge in [-0.3, -0.25) is 4.79 Å². The number of amides is 1. The minimum Gasteiger partial charge on any atom is -0.366 e. The molecule has 5 nitrogen and oxygen atoms in total. The summed E-state index contributed by atoms with van der Waals surface area (Å²) in [5.74, 6) is 0.842. The Bertz CT molecular complexity index is 691. The predicted octanol–water partition coefficient (Wildman–Crippen LogP) is 4.21. The van der Waals surface area contributed by atoms with Crippen molar-refractivity contribution >= 4 is 17.4 Å². The summed E-state index contributed by atoms with van der Waals surface area (Å²) < 4.78 is 0. The zero-order chi connectivity index (χ0) is 16.9. The van der Waals surface area contributed by atoms with Crippen molar-refractivity contribution in [2.24, 2.45) is 0 Å². The fourth-order valence-corrected chi connectivity index (χ4v) is 3.11. The molecule has 24 heavy (non-hydrogen) atoms. The summed E-state index contributed by atoms with van der Waals surface area (Å²) in [5.41, 5.74) is 2.26. The molecule has 5 heteroatoms. The van der Waals surface area contributed by atoms with Crippen LogP contribution in [0.3, 0.4) is 0 Å². The lowest BCUT2D eigenvalue weighted by molar-refractivity contribution is 0.102. The third-order valence-electron chi connectivity index (χ3n) is 4.44. The molecule has 1 aliphatic rings.